The van der Waals surface area contributed by atoms with Gasteiger partial charge in [0.25, 0.3) is 0 Å². The lowest BCUT2D eigenvalue weighted by molar-refractivity contribution is 0.0528. The molecule has 23 heavy (non-hydrogen) atoms. The third kappa shape index (κ3) is 3.52. The highest BCUT2D eigenvalue weighted by Crippen LogP contribution is 2.35. The predicted octanol–water partition coefficient (Wildman–Crippen LogP) is 3.32. The summed E-state index contributed by atoms with van der Waals surface area (Å²) in [5, 5.41) is 1.18. The van der Waals surface area contributed by atoms with Crippen LogP contribution in [0.4, 0.5) is 5.69 Å². The van der Waals surface area contributed by atoms with Gasteiger partial charge in [0.15, 0.2) is 0 Å². The van der Waals surface area contributed by atoms with E-state index in [0.29, 0.717) is 41.3 Å². The summed E-state index contributed by atoms with van der Waals surface area (Å²) in [6.07, 6.45) is 1.60. The molecule has 2 aromatic rings. The van der Waals surface area contributed by atoms with Gasteiger partial charge in [-0.1, -0.05) is 11.6 Å². The van der Waals surface area contributed by atoms with Gasteiger partial charge in [-0.05, 0) is 25.1 Å². The number of aromatic nitrogens is 1. The number of nitrogens with zero attached hydrogens (tertiary/aromatic N) is 2. The number of hydrogen-bond acceptors (Lipinski definition) is 5. The summed E-state index contributed by atoms with van der Waals surface area (Å²) in [5.74, 6) is -0.379. The van der Waals surface area contributed by atoms with Crippen molar-refractivity contribution in [3.8, 4) is 0 Å². The minimum atomic E-state index is -0.379. The average molecular weight is 357 g/mol. The van der Waals surface area contributed by atoms with Gasteiger partial charge in [-0.25, -0.2) is 4.79 Å². The number of ether oxygens (including phenoxy) is 2. The van der Waals surface area contributed by atoms with Gasteiger partial charge in [0, 0.05) is 24.7 Å². The predicted molar refractivity (Wildman–Crippen MR) is 93.0 cm³/mol. The summed E-state index contributed by atoms with van der Waals surface area (Å²) in [7, 11) is 0. The molecule has 124 valence electrons. The minimum absolute atomic E-state index is 0. The van der Waals surface area contributed by atoms with Gasteiger partial charge in [0.2, 0.25) is 0 Å². The van der Waals surface area contributed by atoms with E-state index in [1.165, 1.54) is 0 Å². The van der Waals surface area contributed by atoms with Crippen molar-refractivity contribution in [2.45, 2.75) is 6.92 Å². The molecule has 1 aliphatic rings. The van der Waals surface area contributed by atoms with E-state index in [0.717, 1.165) is 18.8 Å². The molecule has 1 fully saturated rings. The van der Waals surface area contributed by atoms with Crippen LogP contribution >= 0.6 is 24.0 Å². The lowest BCUT2D eigenvalue weighted by Gasteiger charge is -2.30. The summed E-state index contributed by atoms with van der Waals surface area (Å²) in [4.78, 5) is 18.6. The van der Waals surface area contributed by atoms with Crippen LogP contribution in [0, 0.1) is 0 Å². The minimum Gasteiger partial charge on any atom is -0.462 e. The molecule has 1 saturated heterocycles. The molecular weight excluding hydrogens is 339 g/mol. The van der Waals surface area contributed by atoms with E-state index in [1.54, 1.807) is 19.2 Å². The molecule has 1 aliphatic heterocycles. The van der Waals surface area contributed by atoms with Crippen molar-refractivity contribution in [2.75, 3.05) is 37.8 Å². The lowest BCUT2D eigenvalue weighted by atomic mass is 10.1. The molecule has 1 aromatic carbocycles. The van der Waals surface area contributed by atoms with E-state index in [9.17, 15) is 4.79 Å². The van der Waals surface area contributed by atoms with Crippen LogP contribution < -0.4 is 4.90 Å². The number of anilines is 1. The Morgan fingerprint density at radius 1 is 1.35 bits per heavy atom. The first kappa shape index (κ1) is 17.8. The molecule has 0 bridgehead atoms. The fraction of sp³-hybridized carbons (Fsp3) is 0.375. The number of esters is 1. The Labute approximate surface area is 145 Å². The molecular formula is C16H18Cl2N2O3. The zero-order chi connectivity index (χ0) is 15.5. The first-order valence-corrected chi connectivity index (χ1v) is 7.67. The van der Waals surface area contributed by atoms with Crippen LogP contribution in [0.2, 0.25) is 5.02 Å². The number of fused-ring (bicyclic) bond motifs is 1. The number of benzene rings is 1. The fourth-order valence-corrected chi connectivity index (χ4v) is 3.00. The van der Waals surface area contributed by atoms with Crippen molar-refractivity contribution in [1.82, 2.24) is 4.98 Å². The van der Waals surface area contributed by atoms with Gasteiger partial charge in [-0.15, -0.1) is 12.4 Å². The van der Waals surface area contributed by atoms with E-state index < -0.39 is 0 Å². The summed E-state index contributed by atoms with van der Waals surface area (Å²) in [6, 6.07) is 5.47. The number of morpholine rings is 1. The van der Waals surface area contributed by atoms with Crippen LogP contribution in [0.15, 0.2) is 24.4 Å². The van der Waals surface area contributed by atoms with Crippen molar-refractivity contribution in [2.24, 2.45) is 0 Å². The highest BCUT2D eigenvalue weighted by Gasteiger charge is 2.20. The van der Waals surface area contributed by atoms with E-state index in [-0.39, 0.29) is 18.4 Å². The number of hydrogen-bond donors (Lipinski definition) is 0. The normalized spacial score (nSPS) is 14.4. The van der Waals surface area contributed by atoms with E-state index in [2.05, 4.69) is 9.88 Å². The van der Waals surface area contributed by atoms with Crippen molar-refractivity contribution in [3.05, 3.63) is 35.0 Å². The maximum Gasteiger partial charge on any atom is 0.338 e. The Hall–Kier alpha value is -1.56. The standard InChI is InChI=1S/C16H17ClN2O3.ClH/c1-2-22-16(20)11-5-6-18-12-3-4-13(15(17)14(11)12)19-7-9-21-10-8-19;/h3-6H,2,7-10H2,1H3;1H. The van der Waals surface area contributed by atoms with Crippen LogP contribution in [-0.2, 0) is 9.47 Å². The summed E-state index contributed by atoms with van der Waals surface area (Å²) >= 11 is 6.59. The van der Waals surface area contributed by atoms with Gasteiger partial charge >= 0.3 is 5.97 Å². The van der Waals surface area contributed by atoms with Crippen LogP contribution in [-0.4, -0.2) is 43.9 Å². The SMILES string of the molecule is CCOC(=O)c1ccnc2ccc(N3CCOCC3)c(Cl)c12.Cl. The highest BCUT2D eigenvalue weighted by atomic mass is 35.5. The fourth-order valence-electron chi connectivity index (χ4n) is 2.62. The molecule has 0 amide bonds. The van der Waals surface area contributed by atoms with Crippen molar-refractivity contribution in [3.63, 3.8) is 0 Å². The maximum atomic E-state index is 12.2. The Morgan fingerprint density at radius 2 is 2.09 bits per heavy atom. The third-order valence-corrected chi connectivity index (χ3v) is 4.05. The molecule has 5 nitrogen and oxygen atoms in total. The molecule has 7 heteroatoms. The number of carbonyl (C=O) groups excluding carboxylic acids is 1. The Kier molecular flexibility index (Phi) is 6.04. The van der Waals surface area contributed by atoms with Crippen molar-refractivity contribution in [1.29, 1.82) is 0 Å². The largest absolute Gasteiger partial charge is 0.462 e. The summed E-state index contributed by atoms with van der Waals surface area (Å²) < 4.78 is 10.5. The second-order valence-corrected chi connectivity index (χ2v) is 5.35. The first-order chi connectivity index (χ1) is 10.7. The van der Waals surface area contributed by atoms with Gasteiger partial charge < -0.3 is 14.4 Å². The van der Waals surface area contributed by atoms with Crippen LogP contribution in [0.25, 0.3) is 10.9 Å². The Bertz CT molecular complexity index is 703. The van der Waals surface area contributed by atoms with Gasteiger partial charge in [0.05, 0.1) is 41.6 Å². The first-order valence-electron chi connectivity index (χ1n) is 7.29. The molecule has 0 spiro atoms. The van der Waals surface area contributed by atoms with E-state index >= 15 is 0 Å². The number of halogens is 2. The topological polar surface area (TPSA) is 51.7 Å². The zero-order valence-electron chi connectivity index (χ0n) is 12.8. The molecule has 3 rings (SSSR count). The van der Waals surface area contributed by atoms with Crippen LogP contribution in [0.1, 0.15) is 17.3 Å². The number of carbonyl (C=O) groups is 1. The molecule has 0 unspecified atom stereocenters. The molecule has 2 heterocycles. The molecule has 0 saturated carbocycles. The van der Waals surface area contributed by atoms with E-state index in [4.69, 9.17) is 21.1 Å². The summed E-state index contributed by atoms with van der Waals surface area (Å²) in [6.45, 7) is 5.00. The molecule has 1 aromatic heterocycles. The lowest BCUT2D eigenvalue weighted by Crippen LogP contribution is -2.36. The monoisotopic (exact) mass is 356 g/mol. The maximum absolute atomic E-state index is 12.2. The second kappa shape index (κ2) is 7.81. The zero-order valence-corrected chi connectivity index (χ0v) is 14.3. The second-order valence-electron chi connectivity index (χ2n) is 4.97. The van der Waals surface area contributed by atoms with Crippen molar-refractivity contribution < 1.29 is 14.3 Å². The molecule has 0 aliphatic carbocycles. The number of rotatable bonds is 3. The van der Waals surface area contributed by atoms with E-state index in [1.807, 2.05) is 12.1 Å². The average Bonchev–Trinajstić information content (AvgIpc) is 2.56. The van der Waals surface area contributed by atoms with Crippen molar-refractivity contribution >= 4 is 46.6 Å². The third-order valence-electron chi connectivity index (χ3n) is 3.67. The number of pyridine rings is 1. The molecule has 0 atom stereocenters. The van der Waals surface area contributed by atoms with Crippen LogP contribution in [0.5, 0.6) is 0 Å². The summed E-state index contributed by atoms with van der Waals surface area (Å²) in [5.41, 5.74) is 2.04. The van der Waals surface area contributed by atoms with Crippen LogP contribution in [0.3, 0.4) is 0 Å². The van der Waals surface area contributed by atoms with Gasteiger partial charge in [-0.3, -0.25) is 4.98 Å². The quantitative estimate of drug-likeness (QED) is 0.789. The highest BCUT2D eigenvalue weighted by molar-refractivity contribution is 6.39. The molecule has 0 radical (unpaired) electrons. The molecule has 0 N–H and O–H groups in total. The Balaban J connectivity index is 0.00000192. The smallest absolute Gasteiger partial charge is 0.338 e. The van der Waals surface area contributed by atoms with Gasteiger partial charge in [0.1, 0.15) is 0 Å². The van der Waals surface area contributed by atoms with Gasteiger partial charge in [-0.2, -0.15) is 0 Å². The Morgan fingerprint density at radius 3 is 2.78 bits per heavy atom.